The first-order valence-corrected chi connectivity index (χ1v) is 7.62. The van der Waals surface area contributed by atoms with E-state index in [0.717, 1.165) is 11.4 Å². The highest BCUT2D eigenvalue weighted by molar-refractivity contribution is 5.96. The summed E-state index contributed by atoms with van der Waals surface area (Å²) in [7, 11) is 0. The highest BCUT2D eigenvalue weighted by Gasteiger charge is 2.36. The molecular weight excluding hydrogens is 294 g/mol. The Bertz CT molecular complexity index is 746. The Labute approximate surface area is 134 Å². The molecule has 1 aliphatic rings. The summed E-state index contributed by atoms with van der Waals surface area (Å²) in [6.45, 7) is 3.67. The molecule has 1 amide bonds. The molecule has 1 fully saturated rings. The van der Waals surface area contributed by atoms with Gasteiger partial charge in [0.2, 0.25) is 0 Å². The lowest BCUT2D eigenvalue weighted by Crippen LogP contribution is -2.46. The average Bonchev–Trinajstić information content (AvgIpc) is 2.78. The molecule has 0 unspecified atom stereocenters. The summed E-state index contributed by atoms with van der Waals surface area (Å²) in [5, 5.41) is 16.3. The second kappa shape index (κ2) is 5.87. The molecule has 0 atom stereocenters. The van der Waals surface area contributed by atoms with Crippen LogP contribution in [0.15, 0.2) is 30.3 Å². The largest absolute Gasteiger partial charge is 0.481 e. The third-order valence-corrected chi connectivity index (χ3v) is 4.34. The molecule has 0 bridgehead atoms. The molecule has 120 valence electrons. The van der Waals surface area contributed by atoms with Gasteiger partial charge in [0, 0.05) is 6.04 Å². The summed E-state index contributed by atoms with van der Waals surface area (Å²) in [4.78, 5) is 23.3. The Balaban J connectivity index is 1.77. The van der Waals surface area contributed by atoms with E-state index < -0.39 is 5.97 Å². The van der Waals surface area contributed by atoms with Crippen molar-refractivity contribution in [3.8, 4) is 5.69 Å². The fraction of sp³-hybridized carbons (Fsp3) is 0.353. The second-order valence-corrected chi connectivity index (χ2v) is 5.97. The SMILES string of the molecule is Cc1nn(-c2ccccc2)c(C)c1C(=O)NC1CC(C(=O)O)C1. The predicted octanol–water partition coefficient (Wildman–Crippen LogP) is 2.08. The van der Waals surface area contributed by atoms with Crippen LogP contribution in [0.4, 0.5) is 0 Å². The second-order valence-electron chi connectivity index (χ2n) is 5.97. The van der Waals surface area contributed by atoms with Crippen LogP contribution >= 0.6 is 0 Å². The number of aliphatic carboxylic acids is 1. The number of rotatable bonds is 4. The van der Waals surface area contributed by atoms with Gasteiger partial charge >= 0.3 is 5.97 Å². The van der Waals surface area contributed by atoms with Crippen molar-refractivity contribution >= 4 is 11.9 Å². The maximum absolute atomic E-state index is 12.5. The lowest BCUT2D eigenvalue weighted by Gasteiger charge is -2.32. The Morgan fingerprint density at radius 3 is 2.48 bits per heavy atom. The Kier molecular flexibility index (Phi) is 3.90. The first-order chi connectivity index (χ1) is 11.0. The van der Waals surface area contributed by atoms with Crippen LogP contribution in [0.5, 0.6) is 0 Å². The van der Waals surface area contributed by atoms with Crippen LogP contribution < -0.4 is 5.32 Å². The minimum atomic E-state index is -0.792. The van der Waals surface area contributed by atoms with Crippen molar-refractivity contribution in [2.24, 2.45) is 5.92 Å². The normalized spacial score (nSPS) is 19.9. The number of amides is 1. The number of carboxylic acids is 1. The number of hydrogen-bond acceptors (Lipinski definition) is 3. The first kappa shape index (κ1) is 15.3. The van der Waals surface area contributed by atoms with Gasteiger partial charge in [-0.15, -0.1) is 0 Å². The van der Waals surface area contributed by atoms with Crippen LogP contribution in [0, 0.1) is 19.8 Å². The standard InChI is InChI=1S/C17H19N3O3/c1-10-15(16(21)18-13-8-12(9-13)17(22)23)11(2)20(19-10)14-6-4-3-5-7-14/h3-7,12-13H,8-9H2,1-2H3,(H,18,21)(H,22,23). The highest BCUT2D eigenvalue weighted by Crippen LogP contribution is 2.28. The molecule has 0 aliphatic heterocycles. The number of para-hydroxylation sites is 1. The van der Waals surface area contributed by atoms with Crippen LogP contribution in [0.2, 0.25) is 0 Å². The summed E-state index contributed by atoms with van der Waals surface area (Å²) in [5.41, 5.74) is 2.91. The van der Waals surface area contributed by atoms with Crippen LogP contribution in [0.25, 0.3) is 5.69 Å². The fourth-order valence-electron chi connectivity index (χ4n) is 2.99. The number of benzene rings is 1. The topological polar surface area (TPSA) is 84.2 Å². The summed E-state index contributed by atoms with van der Waals surface area (Å²) >= 11 is 0. The Morgan fingerprint density at radius 2 is 1.87 bits per heavy atom. The van der Waals surface area contributed by atoms with Gasteiger partial charge in [0.1, 0.15) is 0 Å². The molecular formula is C17H19N3O3. The fourth-order valence-corrected chi connectivity index (χ4v) is 2.99. The maximum Gasteiger partial charge on any atom is 0.306 e. The van der Waals surface area contributed by atoms with E-state index >= 15 is 0 Å². The number of hydrogen-bond donors (Lipinski definition) is 2. The van der Waals surface area contributed by atoms with Gasteiger partial charge in [-0.25, -0.2) is 4.68 Å². The zero-order chi connectivity index (χ0) is 16.6. The van der Waals surface area contributed by atoms with Crippen LogP contribution in [0.1, 0.15) is 34.6 Å². The summed E-state index contributed by atoms with van der Waals surface area (Å²) < 4.78 is 1.76. The van der Waals surface area contributed by atoms with Crippen molar-refractivity contribution < 1.29 is 14.7 Å². The number of nitrogens with zero attached hydrogens (tertiary/aromatic N) is 2. The number of carbonyl (C=O) groups excluding carboxylic acids is 1. The van der Waals surface area contributed by atoms with Crippen molar-refractivity contribution in [1.29, 1.82) is 0 Å². The number of aryl methyl sites for hydroxylation is 1. The number of aromatic nitrogens is 2. The molecule has 1 saturated carbocycles. The van der Waals surface area contributed by atoms with E-state index in [2.05, 4.69) is 10.4 Å². The van der Waals surface area contributed by atoms with Gasteiger partial charge < -0.3 is 10.4 Å². The van der Waals surface area contributed by atoms with E-state index in [1.54, 1.807) is 4.68 Å². The van der Waals surface area contributed by atoms with Crippen molar-refractivity contribution in [3.05, 3.63) is 47.3 Å². The molecule has 23 heavy (non-hydrogen) atoms. The average molecular weight is 313 g/mol. The van der Waals surface area contributed by atoms with E-state index in [1.807, 2.05) is 44.2 Å². The van der Waals surface area contributed by atoms with Crippen molar-refractivity contribution in [2.45, 2.75) is 32.7 Å². The molecule has 1 aromatic carbocycles. The van der Waals surface area contributed by atoms with Gasteiger partial charge in [-0.1, -0.05) is 18.2 Å². The minimum Gasteiger partial charge on any atom is -0.481 e. The molecule has 1 aromatic heterocycles. The molecule has 0 saturated heterocycles. The molecule has 6 heteroatoms. The van der Waals surface area contributed by atoms with Gasteiger partial charge in [0.25, 0.3) is 5.91 Å². The van der Waals surface area contributed by atoms with Gasteiger partial charge in [0.05, 0.1) is 28.6 Å². The summed E-state index contributed by atoms with van der Waals surface area (Å²) in [5.74, 6) is -1.31. The molecule has 0 radical (unpaired) electrons. The molecule has 1 aliphatic carbocycles. The van der Waals surface area contributed by atoms with Gasteiger partial charge in [-0.2, -0.15) is 5.10 Å². The van der Waals surface area contributed by atoms with Crippen molar-refractivity contribution in [2.75, 3.05) is 0 Å². The third kappa shape index (κ3) is 2.84. The highest BCUT2D eigenvalue weighted by atomic mass is 16.4. The zero-order valence-electron chi connectivity index (χ0n) is 13.1. The number of nitrogens with one attached hydrogen (secondary N) is 1. The number of carbonyl (C=O) groups is 2. The van der Waals surface area contributed by atoms with Crippen LogP contribution in [-0.4, -0.2) is 32.8 Å². The van der Waals surface area contributed by atoms with E-state index in [1.165, 1.54) is 0 Å². The molecule has 3 rings (SSSR count). The van der Waals surface area contributed by atoms with E-state index in [-0.39, 0.29) is 17.9 Å². The minimum absolute atomic E-state index is 0.0672. The van der Waals surface area contributed by atoms with Crippen LogP contribution in [-0.2, 0) is 4.79 Å². The van der Waals surface area contributed by atoms with Crippen LogP contribution in [0.3, 0.4) is 0 Å². The van der Waals surface area contributed by atoms with Gasteiger partial charge in [-0.3, -0.25) is 9.59 Å². The van der Waals surface area contributed by atoms with E-state index in [0.29, 0.717) is 24.1 Å². The molecule has 1 heterocycles. The van der Waals surface area contributed by atoms with Crippen molar-refractivity contribution in [1.82, 2.24) is 15.1 Å². The molecule has 2 N–H and O–H groups in total. The Morgan fingerprint density at radius 1 is 1.22 bits per heavy atom. The predicted molar refractivity (Wildman–Crippen MR) is 84.7 cm³/mol. The molecule has 2 aromatic rings. The number of carboxylic acid groups (broad SMARTS) is 1. The molecule has 0 spiro atoms. The van der Waals surface area contributed by atoms with Gasteiger partial charge in [-0.05, 0) is 38.8 Å². The maximum atomic E-state index is 12.5. The smallest absolute Gasteiger partial charge is 0.306 e. The Hall–Kier alpha value is -2.63. The summed E-state index contributed by atoms with van der Waals surface area (Å²) in [6.07, 6.45) is 0.984. The first-order valence-electron chi connectivity index (χ1n) is 7.62. The van der Waals surface area contributed by atoms with E-state index in [9.17, 15) is 9.59 Å². The molecule has 6 nitrogen and oxygen atoms in total. The third-order valence-electron chi connectivity index (χ3n) is 4.34. The van der Waals surface area contributed by atoms with Crippen molar-refractivity contribution in [3.63, 3.8) is 0 Å². The summed E-state index contributed by atoms with van der Waals surface area (Å²) in [6, 6.07) is 9.58. The lowest BCUT2D eigenvalue weighted by molar-refractivity contribution is -0.145. The van der Waals surface area contributed by atoms with E-state index in [4.69, 9.17) is 5.11 Å². The lowest BCUT2D eigenvalue weighted by atomic mass is 9.80. The zero-order valence-corrected chi connectivity index (χ0v) is 13.1. The quantitative estimate of drug-likeness (QED) is 0.905. The van der Waals surface area contributed by atoms with Gasteiger partial charge in [0.15, 0.2) is 0 Å². The monoisotopic (exact) mass is 313 g/mol.